The zero-order valence-electron chi connectivity index (χ0n) is 11.1. The summed E-state index contributed by atoms with van der Waals surface area (Å²) in [4.78, 5) is 13.8. The van der Waals surface area contributed by atoms with Crippen molar-refractivity contribution in [3.05, 3.63) is 29.8 Å². The van der Waals surface area contributed by atoms with E-state index in [1.54, 1.807) is 4.90 Å². The van der Waals surface area contributed by atoms with E-state index in [0.717, 1.165) is 31.4 Å². The molecule has 0 saturated heterocycles. The highest BCUT2D eigenvalue weighted by molar-refractivity contribution is 5.89. The number of hydrogen-bond acceptors (Lipinski definition) is 2. The molecule has 0 aliphatic heterocycles. The molecule has 20 heavy (non-hydrogen) atoms. The van der Waals surface area contributed by atoms with E-state index in [0.29, 0.717) is 13.0 Å². The number of aliphatic hydroxyl groups excluding tert-OH is 1. The van der Waals surface area contributed by atoms with Crippen LogP contribution in [-0.4, -0.2) is 35.2 Å². The molecule has 1 fully saturated rings. The van der Waals surface area contributed by atoms with Gasteiger partial charge in [0.1, 0.15) is 0 Å². The molecule has 110 valence electrons. The van der Waals surface area contributed by atoms with Gasteiger partial charge in [-0.2, -0.15) is 0 Å². The minimum atomic E-state index is -0.985. The molecule has 2 amide bonds. The lowest BCUT2D eigenvalue weighted by Gasteiger charge is -2.22. The molecule has 0 radical (unpaired) electrons. The lowest BCUT2D eigenvalue weighted by molar-refractivity contribution is 0.204. The van der Waals surface area contributed by atoms with Crippen molar-refractivity contribution in [3.63, 3.8) is 0 Å². The van der Waals surface area contributed by atoms with E-state index >= 15 is 0 Å². The fourth-order valence-electron chi connectivity index (χ4n) is 2.00. The van der Waals surface area contributed by atoms with Gasteiger partial charge >= 0.3 is 6.03 Å². The van der Waals surface area contributed by atoms with Gasteiger partial charge < -0.3 is 15.3 Å². The molecule has 1 aromatic rings. The van der Waals surface area contributed by atoms with E-state index in [-0.39, 0.29) is 24.4 Å². The Labute approximate surface area is 116 Å². The normalized spacial score (nSPS) is 14.2. The van der Waals surface area contributed by atoms with Crippen molar-refractivity contribution in [3.8, 4) is 0 Å². The van der Waals surface area contributed by atoms with Crippen molar-refractivity contribution >= 4 is 11.7 Å². The maximum Gasteiger partial charge on any atom is 0.322 e. The van der Waals surface area contributed by atoms with E-state index in [2.05, 4.69) is 5.32 Å². The summed E-state index contributed by atoms with van der Waals surface area (Å²) in [6.07, 6.45) is 3.29. The first-order valence-corrected chi connectivity index (χ1v) is 6.75. The SMILES string of the molecule is O=C(Nc1ccc(F)c(F)c1)N(CCCCO)C1CC1. The summed E-state index contributed by atoms with van der Waals surface area (Å²) in [6, 6.07) is 3.19. The molecule has 1 aliphatic carbocycles. The highest BCUT2D eigenvalue weighted by Crippen LogP contribution is 2.28. The summed E-state index contributed by atoms with van der Waals surface area (Å²) >= 11 is 0. The van der Waals surface area contributed by atoms with Crippen molar-refractivity contribution in [2.45, 2.75) is 31.7 Å². The smallest absolute Gasteiger partial charge is 0.322 e. The first-order chi connectivity index (χ1) is 9.61. The molecule has 1 saturated carbocycles. The van der Waals surface area contributed by atoms with Crippen LogP contribution in [0.5, 0.6) is 0 Å². The molecule has 0 atom stereocenters. The average Bonchev–Trinajstić information content (AvgIpc) is 3.23. The van der Waals surface area contributed by atoms with Crippen LogP contribution in [0.2, 0.25) is 0 Å². The van der Waals surface area contributed by atoms with Crippen LogP contribution < -0.4 is 5.32 Å². The monoisotopic (exact) mass is 284 g/mol. The molecule has 2 N–H and O–H groups in total. The second-order valence-electron chi connectivity index (χ2n) is 4.91. The average molecular weight is 284 g/mol. The quantitative estimate of drug-likeness (QED) is 0.789. The van der Waals surface area contributed by atoms with Gasteiger partial charge in [0.05, 0.1) is 0 Å². The minimum absolute atomic E-state index is 0.100. The Morgan fingerprint density at radius 3 is 2.65 bits per heavy atom. The van der Waals surface area contributed by atoms with E-state index in [4.69, 9.17) is 5.11 Å². The Morgan fingerprint density at radius 1 is 1.30 bits per heavy atom. The number of carbonyl (C=O) groups excluding carboxylic acids is 1. The van der Waals surface area contributed by atoms with Gasteiger partial charge in [-0.1, -0.05) is 0 Å². The van der Waals surface area contributed by atoms with Crippen molar-refractivity contribution in [2.75, 3.05) is 18.5 Å². The molecular weight excluding hydrogens is 266 g/mol. The molecular formula is C14H18F2N2O2. The highest BCUT2D eigenvalue weighted by atomic mass is 19.2. The van der Waals surface area contributed by atoms with Gasteiger partial charge in [-0.05, 0) is 37.8 Å². The van der Waals surface area contributed by atoms with Gasteiger partial charge in [0.2, 0.25) is 0 Å². The standard InChI is InChI=1S/C14H18F2N2O2/c15-12-6-3-10(9-13(12)16)17-14(20)18(11-4-5-11)7-1-2-8-19/h3,6,9,11,19H,1-2,4-5,7-8H2,(H,17,20). The number of nitrogens with zero attached hydrogens (tertiary/aromatic N) is 1. The molecule has 0 aromatic heterocycles. The number of urea groups is 1. The molecule has 1 aliphatic rings. The Bertz CT molecular complexity index is 478. The van der Waals surface area contributed by atoms with Gasteiger partial charge in [-0.15, -0.1) is 0 Å². The molecule has 2 rings (SSSR count). The number of halogens is 2. The lowest BCUT2D eigenvalue weighted by atomic mass is 10.3. The van der Waals surface area contributed by atoms with E-state index in [9.17, 15) is 13.6 Å². The van der Waals surface area contributed by atoms with Crippen LogP contribution >= 0.6 is 0 Å². The Morgan fingerprint density at radius 2 is 2.05 bits per heavy atom. The zero-order valence-corrected chi connectivity index (χ0v) is 11.1. The third-order valence-electron chi connectivity index (χ3n) is 3.23. The van der Waals surface area contributed by atoms with Crippen LogP contribution in [0.3, 0.4) is 0 Å². The topological polar surface area (TPSA) is 52.6 Å². The number of unbranched alkanes of at least 4 members (excludes halogenated alkanes) is 1. The van der Waals surface area contributed by atoms with E-state index in [1.807, 2.05) is 0 Å². The molecule has 4 nitrogen and oxygen atoms in total. The summed E-state index contributed by atoms with van der Waals surface area (Å²) in [5, 5.41) is 11.3. The highest BCUT2D eigenvalue weighted by Gasteiger charge is 2.32. The zero-order chi connectivity index (χ0) is 14.5. The first-order valence-electron chi connectivity index (χ1n) is 6.75. The number of amides is 2. The molecule has 6 heteroatoms. The number of anilines is 1. The molecule has 1 aromatic carbocycles. The van der Waals surface area contributed by atoms with Gasteiger partial charge in [0.15, 0.2) is 11.6 Å². The summed E-state index contributed by atoms with van der Waals surface area (Å²) in [6.45, 7) is 0.657. The van der Waals surface area contributed by atoms with Crippen LogP contribution in [0.25, 0.3) is 0 Å². The van der Waals surface area contributed by atoms with Crippen molar-refractivity contribution < 1.29 is 18.7 Å². The molecule has 0 unspecified atom stereocenters. The number of hydrogen-bond donors (Lipinski definition) is 2. The fourth-order valence-corrected chi connectivity index (χ4v) is 2.00. The van der Waals surface area contributed by atoms with Crippen molar-refractivity contribution in [2.24, 2.45) is 0 Å². The summed E-state index contributed by atoms with van der Waals surface area (Å²) in [5.74, 6) is -1.92. The second kappa shape index (κ2) is 6.65. The first kappa shape index (κ1) is 14.7. The van der Waals surface area contributed by atoms with Crippen LogP contribution in [0.15, 0.2) is 18.2 Å². The van der Waals surface area contributed by atoms with Gasteiger partial charge in [0, 0.05) is 30.9 Å². The van der Waals surface area contributed by atoms with Crippen molar-refractivity contribution in [1.29, 1.82) is 0 Å². The molecule has 0 bridgehead atoms. The van der Waals surface area contributed by atoms with Crippen molar-refractivity contribution in [1.82, 2.24) is 4.90 Å². The van der Waals surface area contributed by atoms with Gasteiger partial charge in [0.25, 0.3) is 0 Å². The number of carbonyl (C=O) groups is 1. The van der Waals surface area contributed by atoms with Crippen LogP contribution in [0.4, 0.5) is 19.3 Å². The second-order valence-corrected chi connectivity index (χ2v) is 4.91. The third kappa shape index (κ3) is 3.90. The largest absolute Gasteiger partial charge is 0.396 e. The number of rotatable bonds is 6. The molecule has 0 spiro atoms. The van der Waals surface area contributed by atoms with Crippen LogP contribution in [0.1, 0.15) is 25.7 Å². The number of nitrogens with one attached hydrogen (secondary N) is 1. The Balaban J connectivity index is 1.95. The predicted molar refractivity (Wildman–Crippen MR) is 71.4 cm³/mol. The van der Waals surface area contributed by atoms with E-state index in [1.165, 1.54) is 6.07 Å². The van der Waals surface area contributed by atoms with Crippen LogP contribution in [0, 0.1) is 11.6 Å². The minimum Gasteiger partial charge on any atom is -0.396 e. The molecule has 0 heterocycles. The summed E-state index contributed by atoms with van der Waals surface area (Å²) in [7, 11) is 0. The maximum atomic E-state index is 13.1. The Kier molecular flexibility index (Phi) is 4.89. The Hall–Kier alpha value is -1.69. The summed E-state index contributed by atoms with van der Waals surface area (Å²) < 4.78 is 25.9. The van der Waals surface area contributed by atoms with Gasteiger partial charge in [-0.25, -0.2) is 13.6 Å². The fraction of sp³-hybridized carbons (Fsp3) is 0.500. The third-order valence-corrected chi connectivity index (χ3v) is 3.23. The van der Waals surface area contributed by atoms with Crippen LogP contribution in [-0.2, 0) is 0 Å². The summed E-state index contributed by atoms with van der Waals surface area (Å²) in [5.41, 5.74) is 0.238. The predicted octanol–water partition coefficient (Wildman–Crippen LogP) is 2.73. The lowest BCUT2D eigenvalue weighted by Crippen LogP contribution is -2.37. The number of benzene rings is 1. The maximum absolute atomic E-state index is 13.1. The number of aliphatic hydroxyl groups is 1. The van der Waals surface area contributed by atoms with Gasteiger partial charge in [-0.3, -0.25) is 0 Å². The van der Waals surface area contributed by atoms with E-state index < -0.39 is 11.6 Å².